The molecule has 19 heavy (non-hydrogen) atoms. The van der Waals surface area contributed by atoms with Crippen LogP contribution in [0.25, 0.3) is 10.2 Å². The molecule has 0 bridgehead atoms. The predicted molar refractivity (Wildman–Crippen MR) is 78.7 cm³/mol. The minimum absolute atomic E-state index is 0.361. The Morgan fingerprint density at radius 3 is 2.95 bits per heavy atom. The summed E-state index contributed by atoms with van der Waals surface area (Å²) >= 11 is 3.07. The summed E-state index contributed by atoms with van der Waals surface area (Å²) < 4.78 is 5.47. The SMILES string of the molecule is CC(C)c1nsc(NCc2nc3cnccc3s2)n1. The Labute approximate surface area is 118 Å². The standard InChI is InChI=1S/C12H13N5S2/c1-7(2)11-16-12(19-17-11)14-6-10-15-8-5-13-4-3-9(8)18-10/h3-5,7H,6H2,1-2H3,(H,14,16,17). The van der Waals surface area contributed by atoms with Gasteiger partial charge >= 0.3 is 0 Å². The number of nitrogens with zero attached hydrogens (tertiary/aromatic N) is 4. The summed E-state index contributed by atoms with van der Waals surface area (Å²) in [6, 6.07) is 1.98. The highest BCUT2D eigenvalue weighted by Crippen LogP contribution is 2.22. The molecule has 1 N–H and O–H groups in total. The summed E-state index contributed by atoms with van der Waals surface area (Å²) in [7, 11) is 0. The molecule has 0 fully saturated rings. The van der Waals surface area contributed by atoms with E-state index in [4.69, 9.17) is 0 Å². The smallest absolute Gasteiger partial charge is 0.202 e. The number of thiazole rings is 1. The number of rotatable bonds is 4. The highest BCUT2D eigenvalue weighted by Gasteiger charge is 2.08. The molecule has 0 saturated carbocycles. The normalized spacial score (nSPS) is 11.3. The van der Waals surface area contributed by atoms with Crippen LogP contribution >= 0.6 is 22.9 Å². The summed E-state index contributed by atoms with van der Waals surface area (Å²) in [5, 5.41) is 5.15. The van der Waals surface area contributed by atoms with Gasteiger partial charge in [0.1, 0.15) is 10.8 Å². The molecule has 0 radical (unpaired) electrons. The molecule has 3 rings (SSSR count). The van der Waals surface area contributed by atoms with Crippen LogP contribution in [0.4, 0.5) is 5.13 Å². The molecule has 0 saturated heterocycles. The van der Waals surface area contributed by atoms with Crippen molar-refractivity contribution >= 4 is 38.2 Å². The molecule has 0 aliphatic rings. The maximum atomic E-state index is 4.52. The topological polar surface area (TPSA) is 63.6 Å². The number of nitrogens with one attached hydrogen (secondary N) is 1. The first kappa shape index (κ1) is 12.4. The monoisotopic (exact) mass is 291 g/mol. The largest absolute Gasteiger partial charge is 0.354 e. The van der Waals surface area contributed by atoms with Crippen molar-refractivity contribution in [3.8, 4) is 0 Å². The van der Waals surface area contributed by atoms with Crippen LogP contribution < -0.4 is 5.32 Å². The second kappa shape index (κ2) is 5.18. The van der Waals surface area contributed by atoms with E-state index in [1.54, 1.807) is 23.7 Å². The number of fused-ring (bicyclic) bond motifs is 1. The molecule has 7 heteroatoms. The van der Waals surface area contributed by atoms with Gasteiger partial charge in [-0.15, -0.1) is 11.3 Å². The van der Waals surface area contributed by atoms with Crippen molar-refractivity contribution in [1.29, 1.82) is 0 Å². The third kappa shape index (κ3) is 2.71. The predicted octanol–water partition coefficient (Wildman–Crippen LogP) is 3.28. The number of aromatic nitrogens is 4. The van der Waals surface area contributed by atoms with E-state index in [1.165, 1.54) is 11.5 Å². The van der Waals surface area contributed by atoms with E-state index in [0.29, 0.717) is 12.5 Å². The lowest BCUT2D eigenvalue weighted by Crippen LogP contribution is -1.99. The van der Waals surface area contributed by atoms with E-state index in [2.05, 4.69) is 38.5 Å². The third-order valence-corrected chi connectivity index (χ3v) is 4.31. The average molecular weight is 291 g/mol. The van der Waals surface area contributed by atoms with Gasteiger partial charge < -0.3 is 5.32 Å². The van der Waals surface area contributed by atoms with E-state index in [1.807, 2.05) is 6.07 Å². The highest BCUT2D eigenvalue weighted by atomic mass is 32.1. The zero-order valence-corrected chi connectivity index (χ0v) is 12.3. The van der Waals surface area contributed by atoms with Crippen LogP contribution in [-0.4, -0.2) is 19.3 Å². The summed E-state index contributed by atoms with van der Waals surface area (Å²) in [5.41, 5.74) is 0.949. The van der Waals surface area contributed by atoms with Crippen LogP contribution in [0.1, 0.15) is 30.6 Å². The van der Waals surface area contributed by atoms with E-state index in [9.17, 15) is 0 Å². The van der Waals surface area contributed by atoms with Gasteiger partial charge in [-0.2, -0.15) is 4.37 Å². The molecule has 3 heterocycles. The second-order valence-corrected chi connectivity index (χ2v) is 6.28. The lowest BCUT2D eigenvalue weighted by molar-refractivity contribution is 0.799. The van der Waals surface area contributed by atoms with Gasteiger partial charge in [0.25, 0.3) is 0 Å². The Morgan fingerprint density at radius 1 is 1.32 bits per heavy atom. The fourth-order valence-electron chi connectivity index (χ4n) is 1.60. The Morgan fingerprint density at radius 2 is 2.21 bits per heavy atom. The molecule has 0 atom stereocenters. The zero-order chi connectivity index (χ0) is 13.2. The molecule has 0 aromatic carbocycles. The van der Waals surface area contributed by atoms with Crippen LogP contribution in [0, 0.1) is 0 Å². The second-order valence-electron chi connectivity index (χ2n) is 4.42. The van der Waals surface area contributed by atoms with Gasteiger partial charge in [-0.05, 0) is 6.07 Å². The molecule has 0 aliphatic carbocycles. The van der Waals surface area contributed by atoms with Gasteiger partial charge in [-0.3, -0.25) is 4.98 Å². The quantitative estimate of drug-likeness (QED) is 0.799. The van der Waals surface area contributed by atoms with Crippen molar-refractivity contribution in [1.82, 2.24) is 19.3 Å². The molecule has 0 unspecified atom stereocenters. The van der Waals surface area contributed by atoms with Crippen LogP contribution in [0.15, 0.2) is 18.5 Å². The Bertz CT molecular complexity index is 655. The number of anilines is 1. The average Bonchev–Trinajstić information content (AvgIpc) is 3.02. The molecule has 0 spiro atoms. The molecule has 0 aliphatic heterocycles. The first-order chi connectivity index (χ1) is 9.22. The lowest BCUT2D eigenvalue weighted by atomic mass is 10.2. The Kier molecular flexibility index (Phi) is 3.39. The van der Waals surface area contributed by atoms with E-state index in [-0.39, 0.29) is 0 Å². The lowest BCUT2D eigenvalue weighted by Gasteiger charge is -1.98. The number of pyridine rings is 1. The fraction of sp³-hybridized carbons (Fsp3) is 0.333. The molecule has 98 valence electrons. The first-order valence-electron chi connectivity index (χ1n) is 5.99. The summed E-state index contributed by atoms with van der Waals surface area (Å²) in [6.07, 6.45) is 3.58. The molecule has 5 nitrogen and oxygen atoms in total. The number of hydrogen-bond donors (Lipinski definition) is 1. The van der Waals surface area contributed by atoms with Crippen molar-refractivity contribution in [3.05, 3.63) is 29.3 Å². The maximum Gasteiger partial charge on any atom is 0.202 e. The van der Waals surface area contributed by atoms with E-state index >= 15 is 0 Å². The fourth-order valence-corrected chi connectivity index (χ4v) is 3.17. The number of hydrogen-bond acceptors (Lipinski definition) is 7. The van der Waals surface area contributed by atoms with Gasteiger partial charge in [0.05, 0.1) is 23.0 Å². The molecule has 3 aromatic heterocycles. The van der Waals surface area contributed by atoms with Crippen LogP contribution in [0.3, 0.4) is 0 Å². The first-order valence-corrected chi connectivity index (χ1v) is 7.58. The highest BCUT2D eigenvalue weighted by molar-refractivity contribution is 7.18. The van der Waals surface area contributed by atoms with Gasteiger partial charge in [-0.1, -0.05) is 13.8 Å². The minimum atomic E-state index is 0.361. The van der Waals surface area contributed by atoms with Gasteiger partial charge in [0, 0.05) is 23.6 Å². The third-order valence-electron chi connectivity index (χ3n) is 2.58. The Balaban J connectivity index is 1.71. The van der Waals surface area contributed by atoms with Crippen LogP contribution in [0.2, 0.25) is 0 Å². The Hall–Kier alpha value is -1.60. The van der Waals surface area contributed by atoms with Crippen LogP contribution in [-0.2, 0) is 6.54 Å². The van der Waals surface area contributed by atoms with Gasteiger partial charge in [-0.25, -0.2) is 9.97 Å². The summed E-state index contributed by atoms with van der Waals surface area (Å²) in [5.74, 6) is 1.25. The zero-order valence-electron chi connectivity index (χ0n) is 10.6. The van der Waals surface area contributed by atoms with Crippen molar-refractivity contribution in [2.45, 2.75) is 26.3 Å². The van der Waals surface area contributed by atoms with E-state index < -0.39 is 0 Å². The van der Waals surface area contributed by atoms with Crippen molar-refractivity contribution < 1.29 is 0 Å². The van der Waals surface area contributed by atoms with Crippen LogP contribution in [0.5, 0.6) is 0 Å². The van der Waals surface area contributed by atoms with Crippen molar-refractivity contribution in [3.63, 3.8) is 0 Å². The van der Waals surface area contributed by atoms with Crippen molar-refractivity contribution in [2.75, 3.05) is 5.32 Å². The summed E-state index contributed by atoms with van der Waals surface area (Å²) in [6.45, 7) is 4.85. The molecular weight excluding hydrogens is 278 g/mol. The minimum Gasteiger partial charge on any atom is -0.354 e. The van der Waals surface area contributed by atoms with Gasteiger partial charge in [0.2, 0.25) is 5.13 Å². The van der Waals surface area contributed by atoms with Crippen molar-refractivity contribution in [2.24, 2.45) is 0 Å². The summed E-state index contributed by atoms with van der Waals surface area (Å²) in [4.78, 5) is 13.0. The molecule has 0 amide bonds. The van der Waals surface area contributed by atoms with E-state index in [0.717, 1.165) is 26.2 Å². The maximum absolute atomic E-state index is 4.52. The molecular formula is C12H13N5S2. The molecule has 3 aromatic rings. The van der Waals surface area contributed by atoms with Gasteiger partial charge in [0.15, 0.2) is 0 Å².